The van der Waals surface area contributed by atoms with Crippen LogP contribution >= 0.6 is 0 Å². The van der Waals surface area contributed by atoms with E-state index in [0.29, 0.717) is 16.8 Å². The molecule has 2 N–H and O–H groups in total. The Morgan fingerprint density at radius 2 is 1.45 bits per heavy atom. The van der Waals surface area contributed by atoms with Gasteiger partial charge in [-0.3, -0.25) is 9.52 Å². The summed E-state index contributed by atoms with van der Waals surface area (Å²) in [4.78, 5) is 13.1. The maximum absolute atomic E-state index is 13.2. The Labute approximate surface area is 197 Å². The number of nitrogens with one attached hydrogen (secondary N) is 2. The summed E-state index contributed by atoms with van der Waals surface area (Å²) in [7, 11) is -3.87. The summed E-state index contributed by atoms with van der Waals surface area (Å²) in [5.41, 5.74) is 7.79. The summed E-state index contributed by atoms with van der Waals surface area (Å²) in [5.74, 6) is -0.316. The van der Waals surface area contributed by atoms with Crippen molar-refractivity contribution in [3.05, 3.63) is 93.0 Å². The molecule has 174 valence electrons. The van der Waals surface area contributed by atoms with Gasteiger partial charge in [0, 0.05) is 5.56 Å². The number of benzene rings is 3. The van der Waals surface area contributed by atoms with Crippen molar-refractivity contribution in [1.82, 2.24) is 5.32 Å². The Balaban J connectivity index is 1.88. The van der Waals surface area contributed by atoms with Gasteiger partial charge < -0.3 is 5.32 Å². The van der Waals surface area contributed by atoms with E-state index in [9.17, 15) is 13.2 Å². The lowest BCUT2D eigenvalue weighted by molar-refractivity contribution is 0.0939. The first kappa shape index (κ1) is 24.5. The highest BCUT2D eigenvalue weighted by Gasteiger charge is 2.21. The molecule has 3 rings (SSSR count). The molecular weight excluding hydrogens is 432 g/mol. The molecule has 0 heterocycles. The molecule has 0 bridgehead atoms. The SMILES string of the molecule is Cc1cc(C)c([C@H](C)NC(=O)c2ccc(C)c(S(=O)(=O)Nc3cccc(C)c3C)c2)cc1C. The predicted octanol–water partition coefficient (Wildman–Crippen LogP) is 5.83. The Kier molecular flexibility index (Phi) is 6.98. The fraction of sp³-hybridized carbons (Fsp3) is 0.296. The van der Waals surface area contributed by atoms with Gasteiger partial charge in [0.05, 0.1) is 16.6 Å². The minimum absolute atomic E-state index is 0.0890. The second-order valence-electron chi connectivity index (χ2n) is 8.82. The quantitative estimate of drug-likeness (QED) is 0.482. The predicted molar refractivity (Wildman–Crippen MR) is 134 cm³/mol. The molecule has 3 aromatic rings. The molecule has 0 aromatic heterocycles. The van der Waals surface area contributed by atoms with Crippen LogP contribution in [0.5, 0.6) is 0 Å². The standard InChI is InChI=1S/C27H32N2O3S/c1-16-9-8-10-25(21(16)6)29-33(31,32)26-15-23(12-11-17(26)2)27(30)28-22(7)24-14-19(4)18(3)13-20(24)5/h8-15,22,29H,1-7H3,(H,28,30)/t22-/m0/s1. The number of anilines is 1. The second-order valence-corrected chi connectivity index (χ2v) is 10.5. The van der Waals surface area contributed by atoms with Crippen molar-refractivity contribution < 1.29 is 13.2 Å². The lowest BCUT2D eigenvalue weighted by Crippen LogP contribution is -2.27. The first-order valence-electron chi connectivity index (χ1n) is 11.0. The van der Waals surface area contributed by atoms with Crippen molar-refractivity contribution in [1.29, 1.82) is 0 Å². The topological polar surface area (TPSA) is 75.3 Å². The van der Waals surface area contributed by atoms with Crippen LogP contribution in [-0.4, -0.2) is 14.3 Å². The molecule has 33 heavy (non-hydrogen) atoms. The number of sulfonamides is 1. The lowest BCUT2D eigenvalue weighted by atomic mass is 9.96. The van der Waals surface area contributed by atoms with Gasteiger partial charge in [0.2, 0.25) is 0 Å². The van der Waals surface area contributed by atoms with Crippen molar-refractivity contribution >= 4 is 21.6 Å². The maximum atomic E-state index is 13.2. The van der Waals surface area contributed by atoms with Gasteiger partial charge in [-0.15, -0.1) is 0 Å². The van der Waals surface area contributed by atoms with Gasteiger partial charge in [0.15, 0.2) is 0 Å². The smallest absolute Gasteiger partial charge is 0.262 e. The molecule has 0 aliphatic carbocycles. The molecule has 0 spiro atoms. The van der Waals surface area contributed by atoms with Gasteiger partial charge in [-0.05, 0) is 106 Å². The Bertz CT molecular complexity index is 1330. The van der Waals surface area contributed by atoms with Gasteiger partial charge in [-0.25, -0.2) is 8.42 Å². The van der Waals surface area contributed by atoms with Crippen LogP contribution in [-0.2, 0) is 10.0 Å². The van der Waals surface area contributed by atoms with Crippen LogP contribution in [0.25, 0.3) is 0 Å². The number of carbonyl (C=O) groups is 1. The molecular formula is C27H32N2O3S. The Hall–Kier alpha value is -3.12. The fourth-order valence-electron chi connectivity index (χ4n) is 3.90. The number of amides is 1. The highest BCUT2D eigenvalue weighted by molar-refractivity contribution is 7.92. The van der Waals surface area contributed by atoms with Crippen molar-refractivity contribution in [2.75, 3.05) is 4.72 Å². The molecule has 0 radical (unpaired) electrons. The molecule has 1 amide bonds. The highest BCUT2D eigenvalue weighted by Crippen LogP contribution is 2.25. The van der Waals surface area contributed by atoms with Gasteiger partial charge in [-0.1, -0.05) is 30.3 Å². The zero-order chi connectivity index (χ0) is 24.5. The number of hydrogen-bond acceptors (Lipinski definition) is 3. The average Bonchev–Trinajstić information content (AvgIpc) is 2.74. The monoisotopic (exact) mass is 464 g/mol. The average molecular weight is 465 g/mol. The third-order valence-electron chi connectivity index (χ3n) is 6.29. The molecule has 0 saturated carbocycles. The maximum Gasteiger partial charge on any atom is 0.262 e. The first-order valence-corrected chi connectivity index (χ1v) is 12.5. The molecule has 0 aliphatic heterocycles. The van der Waals surface area contributed by atoms with Crippen molar-refractivity contribution in [3.63, 3.8) is 0 Å². The molecule has 6 heteroatoms. The van der Waals surface area contributed by atoms with Crippen molar-refractivity contribution in [2.24, 2.45) is 0 Å². The number of rotatable bonds is 6. The lowest BCUT2D eigenvalue weighted by Gasteiger charge is -2.19. The Morgan fingerprint density at radius 3 is 2.15 bits per heavy atom. The normalized spacial score (nSPS) is 12.3. The van der Waals surface area contributed by atoms with Crippen LogP contribution in [0.1, 0.15) is 62.3 Å². The van der Waals surface area contributed by atoms with Crippen molar-refractivity contribution in [2.45, 2.75) is 59.4 Å². The van der Waals surface area contributed by atoms with Crippen LogP contribution in [0, 0.1) is 41.5 Å². The molecule has 0 fully saturated rings. The zero-order valence-electron chi connectivity index (χ0n) is 20.3. The van der Waals surface area contributed by atoms with E-state index in [4.69, 9.17) is 0 Å². The summed E-state index contributed by atoms with van der Waals surface area (Å²) in [6, 6.07) is 14.2. The van der Waals surface area contributed by atoms with E-state index in [1.54, 1.807) is 25.1 Å². The Morgan fingerprint density at radius 1 is 0.788 bits per heavy atom. The third kappa shape index (κ3) is 5.28. The van der Waals surface area contributed by atoms with E-state index in [1.165, 1.54) is 11.6 Å². The van der Waals surface area contributed by atoms with Crippen LogP contribution in [0.4, 0.5) is 5.69 Å². The molecule has 0 saturated heterocycles. The van der Waals surface area contributed by atoms with Crippen molar-refractivity contribution in [3.8, 4) is 0 Å². The van der Waals surface area contributed by atoms with E-state index in [2.05, 4.69) is 29.1 Å². The molecule has 0 aliphatic rings. The van der Waals surface area contributed by atoms with Gasteiger partial charge in [-0.2, -0.15) is 0 Å². The number of carbonyl (C=O) groups excluding carboxylic acids is 1. The first-order chi connectivity index (χ1) is 15.4. The summed E-state index contributed by atoms with van der Waals surface area (Å²) in [6.07, 6.45) is 0. The van der Waals surface area contributed by atoms with Gasteiger partial charge in [0.1, 0.15) is 0 Å². The minimum atomic E-state index is -3.87. The van der Waals surface area contributed by atoms with Crippen LogP contribution in [0.15, 0.2) is 53.4 Å². The molecule has 5 nitrogen and oxygen atoms in total. The van der Waals surface area contributed by atoms with Gasteiger partial charge in [0.25, 0.3) is 15.9 Å². The number of aryl methyl sites for hydroxylation is 5. The second kappa shape index (κ2) is 9.40. The fourth-order valence-corrected chi connectivity index (χ4v) is 5.29. The largest absolute Gasteiger partial charge is 0.346 e. The summed E-state index contributed by atoms with van der Waals surface area (Å²) in [6.45, 7) is 13.6. The van der Waals surface area contributed by atoms with E-state index in [0.717, 1.165) is 27.8 Å². The minimum Gasteiger partial charge on any atom is -0.346 e. The van der Waals surface area contributed by atoms with Crippen LogP contribution in [0.2, 0.25) is 0 Å². The van der Waals surface area contributed by atoms with E-state index >= 15 is 0 Å². The van der Waals surface area contributed by atoms with E-state index < -0.39 is 10.0 Å². The zero-order valence-corrected chi connectivity index (χ0v) is 21.1. The number of hydrogen-bond donors (Lipinski definition) is 2. The summed E-state index contributed by atoms with van der Waals surface area (Å²) >= 11 is 0. The molecule has 0 unspecified atom stereocenters. The van der Waals surface area contributed by atoms with Crippen LogP contribution in [0.3, 0.4) is 0 Å². The summed E-state index contributed by atoms with van der Waals surface area (Å²) < 4.78 is 29.0. The van der Waals surface area contributed by atoms with Crippen LogP contribution < -0.4 is 10.0 Å². The molecule has 3 aromatic carbocycles. The van der Waals surface area contributed by atoms with Gasteiger partial charge >= 0.3 is 0 Å². The summed E-state index contributed by atoms with van der Waals surface area (Å²) in [5, 5.41) is 3.01. The third-order valence-corrected chi connectivity index (χ3v) is 7.79. The highest BCUT2D eigenvalue weighted by atomic mass is 32.2. The van der Waals surface area contributed by atoms with E-state index in [-0.39, 0.29) is 16.8 Å². The molecule has 1 atom stereocenters. The van der Waals surface area contributed by atoms with E-state index in [1.807, 2.05) is 46.8 Å².